The molecule has 1 aliphatic carbocycles. The Morgan fingerprint density at radius 3 is 1.88 bits per heavy atom. The van der Waals surface area contributed by atoms with Gasteiger partial charge in [0.15, 0.2) is 0 Å². The van der Waals surface area contributed by atoms with Crippen molar-refractivity contribution in [3.63, 3.8) is 0 Å². The van der Waals surface area contributed by atoms with Crippen molar-refractivity contribution in [3.05, 3.63) is 222 Å². The highest BCUT2D eigenvalue weighted by atomic mass is 16.3. The highest BCUT2D eigenvalue weighted by molar-refractivity contribution is 6.07. The minimum Gasteiger partial charge on any atom is -0.460 e. The Morgan fingerprint density at radius 2 is 1.02 bits per heavy atom. The molecule has 0 saturated carbocycles. The standard InChI is InChI=1S/C57H37NO2/c1-2-13-41-36-51-55(33-27-37(41)11-1)60-56-22-10-19-49(57(51)56)47-16-5-7-20-52(47)58(44-31-25-40(26-32-44)46-18-9-14-39-12-3-4-15-45(39)46)43-29-23-38(24-30-43)42-28-34-54-50(35-42)48-17-6-8-21-53(48)59-54/h1-32,34-36H,33H2. The molecule has 1 aliphatic rings. The molecular weight excluding hydrogens is 731 g/mol. The summed E-state index contributed by atoms with van der Waals surface area (Å²) in [5, 5.41) is 8.30. The van der Waals surface area contributed by atoms with E-state index in [0.717, 1.165) is 90.0 Å². The summed E-state index contributed by atoms with van der Waals surface area (Å²) >= 11 is 0. The van der Waals surface area contributed by atoms with E-state index in [1.54, 1.807) is 0 Å². The van der Waals surface area contributed by atoms with Crippen LogP contribution in [0.3, 0.4) is 0 Å². The molecule has 12 rings (SSSR count). The highest BCUT2D eigenvalue weighted by Gasteiger charge is 2.22. The van der Waals surface area contributed by atoms with Crippen molar-refractivity contribution in [1.82, 2.24) is 0 Å². The molecule has 0 N–H and O–H groups in total. The lowest BCUT2D eigenvalue weighted by atomic mass is 9.95. The number of rotatable bonds is 6. The van der Waals surface area contributed by atoms with Gasteiger partial charge in [-0.2, -0.15) is 0 Å². The molecule has 11 aromatic rings. The van der Waals surface area contributed by atoms with Crippen molar-refractivity contribution in [2.75, 3.05) is 4.90 Å². The molecule has 0 spiro atoms. The molecule has 60 heavy (non-hydrogen) atoms. The first kappa shape index (κ1) is 34.2. The van der Waals surface area contributed by atoms with Crippen LogP contribution < -0.4 is 15.3 Å². The summed E-state index contributed by atoms with van der Waals surface area (Å²) in [6, 6.07) is 71.7. The van der Waals surface area contributed by atoms with E-state index in [-0.39, 0.29) is 0 Å². The second-order valence-corrected chi connectivity index (χ2v) is 15.6. The molecular formula is C57H37NO2. The Labute approximate surface area is 347 Å². The van der Waals surface area contributed by atoms with E-state index in [0.29, 0.717) is 0 Å². The number of fused-ring (bicyclic) bond motifs is 8. The second-order valence-electron chi connectivity index (χ2n) is 15.6. The van der Waals surface area contributed by atoms with Gasteiger partial charge in [-0.15, -0.1) is 0 Å². The Hall–Kier alpha value is -7.88. The van der Waals surface area contributed by atoms with Crippen LogP contribution in [-0.2, 0) is 6.42 Å². The van der Waals surface area contributed by atoms with E-state index in [4.69, 9.17) is 8.83 Å². The van der Waals surface area contributed by atoms with Crippen molar-refractivity contribution >= 4 is 72.9 Å². The zero-order chi connectivity index (χ0) is 39.6. The predicted molar refractivity (Wildman–Crippen MR) is 249 cm³/mol. The lowest BCUT2D eigenvalue weighted by molar-refractivity contribution is 0.568. The maximum Gasteiger partial charge on any atom is 0.135 e. The molecule has 0 atom stereocenters. The quantitative estimate of drug-likeness (QED) is 0.169. The Bertz CT molecular complexity index is 3570. The van der Waals surface area contributed by atoms with Gasteiger partial charge in [0.25, 0.3) is 0 Å². The van der Waals surface area contributed by atoms with E-state index in [9.17, 15) is 0 Å². The van der Waals surface area contributed by atoms with Crippen LogP contribution in [0.5, 0.6) is 0 Å². The first-order valence-corrected chi connectivity index (χ1v) is 20.5. The second kappa shape index (κ2) is 13.9. The topological polar surface area (TPSA) is 29.5 Å². The maximum absolute atomic E-state index is 6.64. The normalized spacial score (nSPS) is 12.2. The molecule has 282 valence electrons. The number of hydrogen-bond acceptors (Lipinski definition) is 3. The fourth-order valence-electron chi connectivity index (χ4n) is 9.24. The molecule has 0 unspecified atom stereocenters. The summed E-state index contributed by atoms with van der Waals surface area (Å²) in [5.41, 5.74) is 14.0. The monoisotopic (exact) mass is 767 g/mol. The van der Waals surface area contributed by atoms with Crippen molar-refractivity contribution in [3.8, 4) is 33.4 Å². The van der Waals surface area contributed by atoms with Crippen LogP contribution in [0.1, 0.15) is 11.3 Å². The lowest BCUT2D eigenvalue weighted by Crippen LogP contribution is -2.22. The zero-order valence-corrected chi connectivity index (χ0v) is 32.7. The molecule has 3 nitrogen and oxygen atoms in total. The van der Waals surface area contributed by atoms with Crippen LogP contribution in [0.4, 0.5) is 17.1 Å². The molecule has 3 heteroatoms. The van der Waals surface area contributed by atoms with Crippen molar-refractivity contribution < 1.29 is 8.83 Å². The number of anilines is 3. The van der Waals surface area contributed by atoms with Crippen LogP contribution in [0.25, 0.3) is 89.2 Å². The average molecular weight is 768 g/mol. The van der Waals surface area contributed by atoms with Gasteiger partial charge < -0.3 is 13.7 Å². The minimum absolute atomic E-state index is 0.740. The Morgan fingerprint density at radius 1 is 0.400 bits per heavy atom. The highest BCUT2D eigenvalue weighted by Crippen LogP contribution is 2.45. The molecule has 0 radical (unpaired) electrons. The smallest absolute Gasteiger partial charge is 0.135 e. The largest absolute Gasteiger partial charge is 0.460 e. The summed E-state index contributed by atoms with van der Waals surface area (Å²) in [5.74, 6) is 0.990. The first-order valence-electron chi connectivity index (χ1n) is 20.5. The first-order chi connectivity index (χ1) is 29.7. The van der Waals surface area contributed by atoms with Gasteiger partial charge in [0, 0.05) is 45.1 Å². The number of para-hydroxylation sites is 2. The molecule has 0 fully saturated rings. The van der Waals surface area contributed by atoms with Crippen molar-refractivity contribution in [2.24, 2.45) is 0 Å². The van der Waals surface area contributed by atoms with Gasteiger partial charge in [-0.3, -0.25) is 0 Å². The zero-order valence-electron chi connectivity index (χ0n) is 32.7. The SMILES string of the molecule is C1=c2ccccc2=Cc2c(oc3cccc(-c4ccccc4N(c4ccc(-c5ccc6oc7ccccc7c6c5)cc4)c4ccc(-c5cccc6ccccc56)cc4)c23)C1. The van der Waals surface area contributed by atoms with E-state index < -0.39 is 0 Å². The third-order valence-corrected chi connectivity index (χ3v) is 12.1. The molecule has 9 aromatic carbocycles. The van der Waals surface area contributed by atoms with Gasteiger partial charge in [0.05, 0.1) is 5.69 Å². The van der Waals surface area contributed by atoms with Gasteiger partial charge in [-0.05, 0) is 110 Å². The molecule has 2 heterocycles. The fourth-order valence-corrected chi connectivity index (χ4v) is 9.24. The molecule has 0 amide bonds. The summed E-state index contributed by atoms with van der Waals surface area (Å²) in [6.45, 7) is 0. The van der Waals surface area contributed by atoms with Crippen LogP contribution in [0.15, 0.2) is 209 Å². The predicted octanol–water partition coefficient (Wildman–Crippen LogP) is 14.1. The molecule has 0 aliphatic heterocycles. The van der Waals surface area contributed by atoms with Gasteiger partial charge in [-0.1, -0.05) is 152 Å². The van der Waals surface area contributed by atoms with Gasteiger partial charge in [-0.25, -0.2) is 0 Å². The van der Waals surface area contributed by atoms with Crippen LogP contribution >= 0.6 is 0 Å². The number of hydrogen-bond donors (Lipinski definition) is 0. The van der Waals surface area contributed by atoms with Gasteiger partial charge in [0.1, 0.15) is 22.5 Å². The van der Waals surface area contributed by atoms with E-state index in [1.807, 2.05) is 12.1 Å². The summed E-state index contributed by atoms with van der Waals surface area (Å²) in [4.78, 5) is 2.39. The fraction of sp³-hybridized carbons (Fsp3) is 0.0175. The summed E-state index contributed by atoms with van der Waals surface area (Å²) in [7, 11) is 0. The van der Waals surface area contributed by atoms with Crippen molar-refractivity contribution in [1.29, 1.82) is 0 Å². The van der Waals surface area contributed by atoms with Crippen LogP contribution in [0.2, 0.25) is 0 Å². The molecule has 2 aromatic heterocycles. The van der Waals surface area contributed by atoms with Gasteiger partial charge in [0.2, 0.25) is 0 Å². The average Bonchev–Trinajstić information content (AvgIpc) is 3.80. The Balaban J connectivity index is 1.02. The Kier molecular flexibility index (Phi) is 7.92. The third kappa shape index (κ3) is 5.66. The van der Waals surface area contributed by atoms with E-state index in [1.165, 1.54) is 32.3 Å². The van der Waals surface area contributed by atoms with Crippen LogP contribution in [0, 0.1) is 0 Å². The number of benzene rings is 9. The van der Waals surface area contributed by atoms with Crippen molar-refractivity contribution in [2.45, 2.75) is 6.42 Å². The molecule has 0 saturated heterocycles. The summed E-state index contributed by atoms with van der Waals surface area (Å²) < 4.78 is 12.8. The third-order valence-electron chi connectivity index (χ3n) is 12.1. The summed E-state index contributed by atoms with van der Waals surface area (Å²) in [6.07, 6.45) is 5.32. The minimum atomic E-state index is 0.740. The van der Waals surface area contributed by atoms with E-state index >= 15 is 0 Å². The number of furan rings is 2. The maximum atomic E-state index is 6.64. The lowest BCUT2D eigenvalue weighted by Gasteiger charge is -2.28. The van der Waals surface area contributed by atoms with E-state index in [2.05, 4.69) is 205 Å². The number of nitrogens with zero attached hydrogens (tertiary/aromatic N) is 1. The molecule has 0 bridgehead atoms. The van der Waals surface area contributed by atoms with Crippen LogP contribution in [-0.4, -0.2) is 0 Å². The van der Waals surface area contributed by atoms with Gasteiger partial charge >= 0.3 is 0 Å².